The standard InChI is InChI=1S/C8H12N2O/c1-3-7-8(6-9-2)11-5-4-10-7/h3,6,10H,1,4-5H2,2H3. The second kappa shape index (κ2) is 3.81. The molecule has 0 fully saturated rings. The van der Waals surface area contributed by atoms with E-state index in [-0.39, 0.29) is 0 Å². The number of nitrogens with zero attached hydrogens (tertiary/aromatic N) is 1. The first-order valence-corrected chi connectivity index (χ1v) is 3.54. The van der Waals surface area contributed by atoms with E-state index < -0.39 is 0 Å². The predicted molar refractivity (Wildman–Crippen MR) is 45.6 cm³/mol. The van der Waals surface area contributed by atoms with Gasteiger partial charge in [0.25, 0.3) is 0 Å². The molecule has 1 heterocycles. The van der Waals surface area contributed by atoms with Gasteiger partial charge in [0.05, 0.1) is 11.9 Å². The molecular weight excluding hydrogens is 140 g/mol. The number of ether oxygens (including phenoxy) is 1. The second-order valence-corrected chi connectivity index (χ2v) is 2.14. The molecule has 0 aliphatic carbocycles. The Balaban J connectivity index is 2.81. The Labute approximate surface area is 66.5 Å². The molecule has 0 radical (unpaired) electrons. The molecule has 1 N–H and O–H groups in total. The van der Waals surface area contributed by atoms with Crippen molar-refractivity contribution in [2.75, 3.05) is 20.2 Å². The first kappa shape index (κ1) is 7.85. The van der Waals surface area contributed by atoms with Crippen molar-refractivity contribution < 1.29 is 4.74 Å². The van der Waals surface area contributed by atoms with E-state index in [1.165, 1.54) is 0 Å². The summed E-state index contributed by atoms with van der Waals surface area (Å²) in [5.41, 5.74) is 0.918. The first-order valence-electron chi connectivity index (χ1n) is 3.54. The quantitative estimate of drug-likeness (QED) is 0.591. The third-order valence-electron chi connectivity index (χ3n) is 1.39. The average molecular weight is 152 g/mol. The lowest BCUT2D eigenvalue weighted by molar-refractivity contribution is 0.214. The Kier molecular flexibility index (Phi) is 2.72. The van der Waals surface area contributed by atoms with Crippen molar-refractivity contribution >= 4 is 6.21 Å². The lowest BCUT2D eigenvalue weighted by Gasteiger charge is -2.18. The number of hydrogen-bond donors (Lipinski definition) is 1. The Morgan fingerprint density at radius 3 is 3.18 bits per heavy atom. The van der Waals surface area contributed by atoms with Crippen LogP contribution in [0.5, 0.6) is 0 Å². The largest absolute Gasteiger partial charge is 0.488 e. The van der Waals surface area contributed by atoms with E-state index in [2.05, 4.69) is 16.9 Å². The van der Waals surface area contributed by atoms with Crippen LogP contribution in [0.25, 0.3) is 0 Å². The smallest absolute Gasteiger partial charge is 0.160 e. The number of nitrogens with one attached hydrogen (secondary N) is 1. The highest BCUT2D eigenvalue weighted by Gasteiger charge is 2.07. The van der Waals surface area contributed by atoms with Crippen LogP contribution in [-0.2, 0) is 4.74 Å². The highest BCUT2D eigenvalue weighted by molar-refractivity contribution is 5.77. The number of allylic oxidation sites excluding steroid dienone is 2. The SMILES string of the molecule is C=CC1=C(C=NC)OCCN1. The van der Waals surface area contributed by atoms with Crippen LogP contribution < -0.4 is 5.32 Å². The molecule has 0 unspecified atom stereocenters. The molecule has 0 bridgehead atoms. The molecule has 0 aromatic rings. The van der Waals surface area contributed by atoms with E-state index in [9.17, 15) is 0 Å². The van der Waals surface area contributed by atoms with Gasteiger partial charge in [0.15, 0.2) is 5.76 Å². The lowest BCUT2D eigenvalue weighted by atomic mass is 10.3. The van der Waals surface area contributed by atoms with Crippen molar-refractivity contribution in [2.45, 2.75) is 0 Å². The topological polar surface area (TPSA) is 33.6 Å². The van der Waals surface area contributed by atoms with Crippen molar-refractivity contribution in [2.24, 2.45) is 4.99 Å². The number of rotatable bonds is 2. The van der Waals surface area contributed by atoms with Gasteiger partial charge < -0.3 is 10.1 Å². The molecule has 3 heteroatoms. The summed E-state index contributed by atoms with van der Waals surface area (Å²) in [6.45, 7) is 5.18. The van der Waals surface area contributed by atoms with Crippen LogP contribution in [0, 0.1) is 0 Å². The normalized spacial score (nSPS) is 17.9. The van der Waals surface area contributed by atoms with Gasteiger partial charge in [-0.05, 0) is 6.08 Å². The Morgan fingerprint density at radius 1 is 1.73 bits per heavy atom. The molecule has 1 rings (SSSR count). The average Bonchev–Trinajstić information content (AvgIpc) is 2.06. The molecular formula is C8H12N2O. The molecule has 0 saturated heterocycles. The van der Waals surface area contributed by atoms with Gasteiger partial charge in [-0.2, -0.15) is 0 Å². The van der Waals surface area contributed by atoms with Crippen LogP contribution in [-0.4, -0.2) is 26.4 Å². The van der Waals surface area contributed by atoms with Gasteiger partial charge >= 0.3 is 0 Å². The minimum Gasteiger partial charge on any atom is -0.488 e. The summed E-state index contributed by atoms with van der Waals surface area (Å²) in [5.74, 6) is 0.772. The van der Waals surface area contributed by atoms with E-state index in [1.807, 2.05) is 0 Å². The molecule has 0 amide bonds. The Morgan fingerprint density at radius 2 is 2.55 bits per heavy atom. The molecule has 0 spiro atoms. The van der Waals surface area contributed by atoms with Crippen molar-refractivity contribution in [3.05, 3.63) is 24.1 Å². The van der Waals surface area contributed by atoms with Crippen molar-refractivity contribution in [1.82, 2.24) is 5.32 Å². The number of hydrogen-bond acceptors (Lipinski definition) is 3. The fourth-order valence-electron chi connectivity index (χ4n) is 0.908. The van der Waals surface area contributed by atoms with E-state index in [0.717, 1.165) is 18.0 Å². The zero-order chi connectivity index (χ0) is 8.10. The highest BCUT2D eigenvalue weighted by atomic mass is 16.5. The minimum absolute atomic E-state index is 0.693. The summed E-state index contributed by atoms with van der Waals surface area (Å²) in [4.78, 5) is 3.86. The van der Waals surface area contributed by atoms with Gasteiger partial charge in [-0.3, -0.25) is 4.99 Å². The summed E-state index contributed by atoms with van der Waals surface area (Å²) in [6.07, 6.45) is 3.42. The van der Waals surface area contributed by atoms with Crippen LogP contribution in [0.2, 0.25) is 0 Å². The molecule has 60 valence electrons. The molecule has 0 atom stereocenters. The van der Waals surface area contributed by atoms with Gasteiger partial charge in [0.1, 0.15) is 6.61 Å². The third kappa shape index (κ3) is 1.83. The first-order chi connectivity index (χ1) is 5.38. The van der Waals surface area contributed by atoms with Gasteiger partial charge in [-0.25, -0.2) is 0 Å². The zero-order valence-electron chi connectivity index (χ0n) is 6.63. The molecule has 0 aromatic carbocycles. The molecule has 0 saturated carbocycles. The minimum atomic E-state index is 0.693. The molecule has 0 aromatic heterocycles. The van der Waals surface area contributed by atoms with Crippen LogP contribution in [0.15, 0.2) is 29.1 Å². The maximum Gasteiger partial charge on any atom is 0.160 e. The summed E-state index contributed by atoms with van der Waals surface area (Å²) in [5, 5.41) is 3.15. The van der Waals surface area contributed by atoms with Crippen molar-refractivity contribution in [1.29, 1.82) is 0 Å². The van der Waals surface area contributed by atoms with E-state index >= 15 is 0 Å². The summed E-state index contributed by atoms with van der Waals surface area (Å²) >= 11 is 0. The monoisotopic (exact) mass is 152 g/mol. The highest BCUT2D eigenvalue weighted by Crippen LogP contribution is 2.06. The Hall–Kier alpha value is -1.25. The lowest BCUT2D eigenvalue weighted by Crippen LogP contribution is -2.26. The fraction of sp³-hybridized carbons (Fsp3) is 0.375. The Bertz CT molecular complexity index is 206. The van der Waals surface area contributed by atoms with E-state index in [1.54, 1.807) is 19.3 Å². The van der Waals surface area contributed by atoms with Gasteiger partial charge in [-0.15, -0.1) is 0 Å². The zero-order valence-corrected chi connectivity index (χ0v) is 6.63. The summed E-state index contributed by atoms with van der Waals surface area (Å²) < 4.78 is 5.32. The van der Waals surface area contributed by atoms with Crippen LogP contribution in [0.4, 0.5) is 0 Å². The third-order valence-corrected chi connectivity index (χ3v) is 1.39. The van der Waals surface area contributed by atoms with Crippen molar-refractivity contribution in [3.63, 3.8) is 0 Å². The van der Waals surface area contributed by atoms with Gasteiger partial charge in [0.2, 0.25) is 0 Å². The summed E-state index contributed by atoms with van der Waals surface area (Å²) in [7, 11) is 1.71. The molecule has 1 aliphatic heterocycles. The van der Waals surface area contributed by atoms with E-state index in [0.29, 0.717) is 6.61 Å². The van der Waals surface area contributed by atoms with Crippen molar-refractivity contribution in [3.8, 4) is 0 Å². The van der Waals surface area contributed by atoms with Gasteiger partial charge in [0, 0.05) is 13.6 Å². The molecule has 1 aliphatic rings. The predicted octanol–water partition coefficient (Wildman–Crippen LogP) is 0.704. The molecule has 11 heavy (non-hydrogen) atoms. The van der Waals surface area contributed by atoms with Crippen LogP contribution in [0.3, 0.4) is 0 Å². The van der Waals surface area contributed by atoms with Crippen LogP contribution >= 0.6 is 0 Å². The molecule has 3 nitrogen and oxygen atoms in total. The van der Waals surface area contributed by atoms with Crippen LogP contribution in [0.1, 0.15) is 0 Å². The van der Waals surface area contributed by atoms with E-state index in [4.69, 9.17) is 4.74 Å². The maximum absolute atomic E-state index is 5.32. The maximum atomic E-state index is 5.32. The van der Waals surface area contributed by atoms with Gasteiger partial charge in [-0.1, -0.05) is 6.58 Å². The fourth-order valence-corrected chi connectivity index (χ4v) is 0.908. The second-order valence-electron chi connectivity index (χ2n) is 2.14. The number of aliphatic imine (C=N–C) groups is 1. The summed E-state index contributed by atoms with van der Waals surface area (Å²) in [6, 6.07) is 0.